The van der Waals surface area contributed by atoms with Gasteiger partial charge in [-0.3, -0.25) is 0 Å². The molecule has 0 fully saturated rings. The first kappa shape index (κ1) is 15.0. The van der Waals surface area contributed by atoms with Crippen LogP contribution < -0.4 is 10.6 Å². The van der Waals surface area contributed by atoms with Crippen molar-refractivity contribution in [3.8, 4) is 0 Å². The Morgan fingerprint density at radius 1 is 1.29 bits per heavy atom. The molecule has 0 radical (unpaired) electrons. The van der Waals surface area contributed by atoms with Gasteiger partial charge in [-0.25, -0.2) is 14.0 Å². The number of thiophene rings is 1. The molecule has 0 atom stereocenters. The van der Waals surface area contributed by atoms with E-state index in [9.17, 15) is 14.0 Å². The highest BCUT2D eigenvalue weighted by Gasteiger charge is 2.13. The summed E-state index contributed by atoms with van der Waals surface area (Å²) in [5.41, 5.74) is -0.235. The smallest absolute Gasteiger partial charge is 0.337 e. The minimum absolute atomic E-state index is 0.0533. The molecule has 0 aliphatic rings. The van der Waals surface area contributed by atoms with Gasteiger partial charge in [-0.15, -0.1) is 11.3 Å². The predicted octanol–water partition coefficient (Wildman–Crippen LogP) is 2.95. The molecular formula is C14H13FN2O3S. The van der Waals surface area contributed by atoms with Gasteiger partial charge in [0, 0.05) is 11.4 Å². The van der Waals surface area contributed by atoms with Crippen molar-refractivity contribution >= 4 is 29.0 Å². The van der Waals surface area contributed by atoms with E-state index in [1.807, 2.05) is 17.5 Å². The van der Waals surface area contributed by atoms with Crippen LogP contribution in [-0.2, 0) is 6.42 Å². The zero-order valence-corrected chi connectivity index (χ0v) is 11.7. The number of hydrogen-bond acceptors (Lipinski definition) is 3. The van der Waals surface area contributed by atoms with Gasteiger partial charge in [-0.1, -0.05) is 6.07 Å². The van der Waals surface area contributed by atoms with Crippen LogP contribution in [0.2, 0.25) is 0 Å². The third-order valence-corrected chi connectivity index (χ3v) is 3.63. The van der Waals surface area contributed by atoms with Crippen molar-refractivity contribution in [2.45, 2.75) is 6.42 Å². The van der Waals surface area contributed by atoms with Gasteiger partial charge < -0.3 is 15.7 Å². The van der Waals surface area contributed by atoms with E-state index >= 15 is 0 Å². The second-order valence-electron chi connectivity index (χ2n) is 4.21. The van der Waals surface area contributed by atoms with E-state index in [1.54, 1.807) is 11.3 Å². The van der Waals surface area contributed by atoms with Crippen LogP contribution in [0, 0.1) is 5.82 Å². The molecule has 7 heteroatoms. The Morgan fingerprint density at radius 2 is 2.10 bits per heavy atom. The zero-order chi connectivity index (χ0) is 15.2. The van der Waals surface area contributed by atoms with Crippen LogP contribution >= 0.6 is 11.3 Å². The molecule has 0 saturated carbocycles. The minimum Gasteiger partial charge on any atom is -0.478 e. The number of carboxylic acid groups (broad SMARTS) is 1. The van der Waals surface area contributed by atoms with Crippen LogP contribution in [-0.4, -0.2) is 23.7 Å². The van der Waals surface area contributed by atoms with Gasteiger partial charge in [-0.05, 0) is 36.1 Å². The predicted molar refractivity (Wildman–Crippen MR) is 78.4 cm³/mol. The van der Waals surface area contributed by atoms with E-state index in [2.05, 4.69) is 10.6 Å². The summed E-state index contributed by atoms with van der Waals surface area (Å²) in [4.78, 5) is 23.8. The van der Waals surface area contributed by atoms with Crippen molar-refractivity contribution in [2.75, 3.05) is 11.9 Å². The summed E-state index contributed by atoms with van der Waals surface area (Å²) < 4.78 is 13.0. The molecule has 1 aromatic carbocycles. The zero-order valence-electron chi connectivity index (χ0n) is 10.9. The molecule has 2 rings (SSSR count). The fraction of sp³-hybridized carbons (Fsp3) is 0.143. The Morgan fingerprint density at radius 3 is 2.76 bits per heavy atom. The van der Waals surface area contributed by atoms with Crippen molar-refractivity contribution in [1.82, 2.24) is 5.32 Å². The van der Waals surface area contributed by atoms with Crippen LogP contribution in [0.3, 0.4) is 0 Å². The van der Waals surface area contributed by atoms with Gasteiger partial charge in [0.25, 0.3) is 0 Å². The second kappa shape index (κ2) is 6.85. The molecule has 2 amide bonds. The van der Waals surface area contributed by atoms with E-state index < -0.39 is 17.8 Å². The van der Waals surface area contributed by atoms with Gasteiger partial charge in [0.2, 0.25) is 0 Å². The molecule has 5 nitrogen and oxygen atoms in total. The number of nitrogens with one attached hydrogen (secondary N) is 2. The molecule has 21 heavy (non-hydrogen) atoms. The number of aromatic carboxylic acids is 1. The van der Waals surface area contributed by atoms with Crippen molar-refractivity contribution in [2.24, 2.45) is 0 Å². The van der Waals surface area contributed by atoms with Gasteiger partial charge in [0.05, 0.1) is 11.3 Å². The molecule has 0 bridgehead atoms. The number of carbonyl (C=O) groups excluding carboxylic acids is 1. The maximum atomic E-state index is 13.0. The number of carboxylic acids is 1. The number of carbonyl (C=O) groups is 2. The van der Waals surface area contributed by atoms with Gasteiger partial charge >= 0.3 is 12.0 Å². The lowest BCUT2D eigenvalue weighted by atomic mass is 10.2. The largest absolute Gasteiger partial charge is 0.478 e. The van der Waals surface area contributed by atoms with E-state index in [1.165, 1.54) is 6.07 Å². The number of amides is 2. The first-order valence-corrected chi connectivity index (χ1v) is 7.04. The number of halogens is 1. The van der Waals surface area contributed by atoms with E-state index in [0.717, 1.165) is 17.0 Å². The lowest BCUT2D eigenvalue weighted by Crippen LogP contribution is -2.31. The first-order valence-electron chi connectivity index (χ1n) is 6.16. The lowest BCUT2D eigenvalue weighted by Gasteiger charge is -2.09. The van der Waals surface area contributed by atoms with Crippen molar-refractivity contribution in [3.63, 3.8) is 0 Å². The molecule has 0 aliphatic carbocycles. The Bertz CT molecular complexity index is 644. The Labute approximate surface area is 124 Å². The topological polar surface area (TPSA) is 78.4 Å². The minimum atomic E-state index is -1.30. The Balaban J connectivity index is 1.92. The average molecular weight is 308 g/mol. The number of hydrogen-bond donors (Lipinski definition) is 3. The Hall–Kier alpha value is -2.41. The van der Waals surface area contributed by atoms with Gasteiger partial charge in [-0.2, -0.15) is 0 Å². The maximum absolute atomic E-state index is 13.0. The number of anilines is 1. The number of benzene rings is 1. The van der Waals surface area contributed by atoms with Crippen LogP contribution in [0.25, 0.3) is 0 Å². The van der Waals surface area contributed by atoms with Crippen LogP contribution in [0.15, 0.2) is 35.7 Å². The van der Waals surface area contributed by atoms with Crippen molar-refractivity contribution < 1.29 is 19.1 Å². The lowest BCUT2D eigenvalue weighted by molar-refractivity contribution is 0.0697. The van der Waals surface area contributed by atoms with Crippen LogP contribution in [0.5, 0.6) is 0 Å². The molecule has 2 aromatic rings. The molecule has 110 valence electrons. The summed E-state index contributed by atoms with van der Waals surface area (Å²) in [6.45, 7) is 0.427. The molecule has 0 saturated heterocycles. The number of rotatable bonds is 5. The summed E-state index contributed by atoms with van der Waals surface area (Å²) in [7, 11) is 0. The van der Waals surface area contributed by atoms with Gasteiger partial charge in [0.1, 0.15) is 5.82 Å². The van der Waals surface area contributed by atoms with Crippen LogP contribution in [0.1, 0.15) is 15.2 Å². The maximum Gasteiger partial charge on any atom is 0.337 e. The molecule has 1 aromatic heterocycles. The molecule has 0 unspecified atom stereocenters. The molecule has 1 heterocycles. The SMILES string of the molecule is O=C(NCCc1cccs1)Nc1ccc(F)cc1C(=O)O. The highest BCUT2D eigenvalue weighted by atomic mass is 32.1. The molecule has 0 spiro atoms. The van der Waals surface area contributed by atoms with Crippen LogP contribution in [0.4, 0.5) is 14.9 Å². The fourth-order valence-electron chi connectivity index (χ4n) is 1.72. The van der Waals surface area contributed by atoms with E-state index in [4.69, 9.17) is 5.11 Å². The summed E-state index contributed by atoms with van der Waals surface area (Å²) in [5, 5.41) is 15.9. The van der Waals surface area contributed by atoms with Crippen molar-refractivity contribution in [1.29, 1.82) is 0 Å². The van der Waals surface area contributed by atoms with E-state index in [0.29, 0.717) is 13.0 Å². The molecular weight excluding hydrogens is 295 g/mol. The molecule has 0 aliphatic heterocycles. The summed E-state index contributed by atoms with van der Waals surface area (Å²) in [6, 6.07) is 6.54. The third kappa shape index (κ3) is 4.28. The fourth-order valence-corrected chi connectivity index (χ4v) is 2.43. The highest BCUT2D eigenvalue weighted by molar-refractivity contribution is 7.09. The quantitative estimate of drug-likeness (QED) is 0.794. The van der Waals surface area contributed by atoms with Crippen molar-refractivity contribution in [3.05, 3.63) is 52.0 Å². The van der Waals surface area contributed by atoms with E-state index in [-0.39, 0.29) is 11.3 Å². The average Bonchev–Trinajstić information content (AvgIpc) is 2.94. The Kier molecular flexibility index (Phi) is 4.89. The summed E-state index contributed by atoms with van der Waals surface area (Å²) >= 11 is 1.60. The first-order chi connectivity index (χ1) is 10.1. The summed E-state index contributed by atoms with van der Waals surface area (Å²) in [6.07, 6.45) is 0.695. The normalized spacial score (nSPS) is 10.1. The monoisotopic (exact) mass is 308 g/mol. The number of urea groups is 1. The highest BCUT2D eigenvalue weighted by Crippen LogP contribution is 2.17. The second-order valence-corrected chi connectivity index (χ2v) is 5.24. The molecule has 3 N–H and O–H groups in total. The summed E-state index contributed by atoms with van der Waals surface area (Å²) in [5.74, 6) is -1.97. The third-order valence-electron chi connectivity index (χ3n) is 2.70. The van der Waals surface area contributed by atoms with Gasteiger partial charge in [0.15, 0.2) is 0 Å². The standard InChI is InChI=1S/C14H13FN2O3S/c15-9-3-4-12(11(8-9)13(18)19)17-14(20)16-6-5-10-2-1-7-21-10/h1-4,7-8H,5-6H2,(H,18,19)(H2,16,17,20).